The van der Waals surface area contributed by atoms with Crippen LogP contribution in [0.3, 0.4) is 0 Å². The second-order valence-electron chi connectivity index (χ2n) is 3.43. The van der Waals surface area contributed by atoms with E-state index >= 15 is 0 Å². The highest BCUT2D eigenvalue weighted by atomic mass is 79.9. The number of thiophene rings is 2. The highest BCUT2D eigenvalue weighted by Gasteiger charge is 2.19. The van der Waals surface area contributed by atoms with E-state index in [2.05, 4.69) is 20.7 Å². The summed E-state index contributed by atoms with van der Waals surface area (Å²) in [6.45, 7) is 0.511. The number of rotatable bonds is 5. The molecule has 0 spiro atoms. The number of nitrogens with two attached hydrogens (primary N) is 1. The van der Waals surface area contributed by atoms with Crippen LogP contribution in [-0.4, -0.2) is 8.42 Å². The van der Waals surface area contributed by atoms with Gasteiger partial charge >= 0.3 is 0 Å². The number of sulfonamides is 1. The zero-order valence-electron chi connectivity index (χ0n) is 9.22. The lowest BCUT2D eigenvalue weighted by Crippen LogP contribution is -2.23. The van der Waals surface area contributed by atoms with Gasteiger partial charge in [0.1, 0.15) is 0 Å². The van der Waals surface area contributed by atoms with Gasteiger partial charge in [-0.15, -0.1) is 22.7 Å². The van der Waals surface area contributed by atoms with E-state index in [4.69, 9.17) is 5.73 Å². The summed E-state index contributed by atoms with van der Waals surface area (Å²) in [5, 5.41) is 3.64. The molecule has 2 heterocycles. The maximum absolute atomic E-state index is 12.1. The molecular weight excluding hydrogens is 356 g/mol. The van der Waals surface area contributed by atoms with E-state index in [1.165, 1.54) is 22.7 Å². The van der Waals surface area contributed by atoms with Gasteiger partial charge in [0.2, 0.25) is 10.0 Å². The third kappa shape index (κ3) is 3.01. The molecule has 0 atom stereocenters. The van der Waals surface area contributed by atoms with Crippen molar-refractivity contribution in [3.8, 4) is 0 Å². The van der Waals surface area contributed by atoms with Gasteiger partial charge < -0.3 is 5.73 Å². The zero-order chi connectivity index (χ0) is 13.2. The van der Waals surface area contributed by atoms with Gasteiger partial charge in [-0.3, -0.25) is 0 Å². The first kappa shape index (κ1) is 14.2. The topological polar surface area (TPSA) is 72.2 Å². The van der Waals surface area contributed by atoms with Crippen molar-refractivity contribution < 1.29 is 8.42 Å². The van der Waals surface area contributed by atoms with Crippen LogP contribution in [0.15, 0.2) is 32.3 Å². The van der Waals surface area contributed by atoms with Gasteiger partial charge in [0.05, 0.1) is 4.90 Å². The average Bonchev–Trinajstić information content (AvgIpc) is 2.95. The second kappa shape index (κ2) is 5.81. The Morgan fingerprint density at radius 2 is 1.89 bits per heavy atom. The summed E-state index contributed by atoms with van der Waals surface area (Å²) in [4.78, 5) is 1.90. The van der Waals surface area contributed by atoms with Crippen molar-refractivity contribution >= 4 is 48.6 Å². The summed E-state index contributed by atoms with van der Waals surface area (Å²) in [5.41, 5.74) is 5.52. The van der Waals surface area contributed by atoms with Crippen LogP contribution in [0.4, 0.5) is 0 Å². The van der Waals surface area contributed by atoms with Gasteiger partial charge in [-0.25, -0.2) is 13.1 Å². The summed E-state index contributed by atoms with van der Waals surface area (Å²) in [7, 11) is -3.49. The molecular formula is C10H11BrN2O2S3. The van der Waals surface area contributed by atoms with E-state index in [0.29, 0.717) is 4.88 Å². The third-order valence-corrected chi connectivity index (χ3v) is 6.78. The molecule has 2 aromatic rings. The smallest absolute Gasteiger partial charge is 0.242 e. The van der Waals surface area contributed by atoms with Gasteiger partial charge in [-0.1, -0.05) is 0 Å². The number of hydrogen-bond donors (Lipinski definition) is 2. The number of nitrogens with one attached hydrogen (secondary N) is 1. The number of halogens is 1. The van der Waals surface area contributed by atoms with Crippen LogP contribution < -0.4 is 10.5 Å². The lowest BCUT2D eigenvalue weighted by atomic mass is 10.5. The minimum Gasteiger partial charge on any atom is -0.326 e. The monoisotopic (exact) mass is 366 g/mol. The van der Waals surface area contributed by atoms with E-state index in [1.807, 2.05) is 11.4 Å². The predicted octanol–water partition coefficient (Wildman–Crippen LogP) is 2.51. The molecule has 0 aromatic carbocycles. The molecule has 0 radical (unpaired) electrons. The van der Waals surface area contributed by atoms with E-state index in [0.717, 1.165) is 9.35 Å². The fourth-order valence-electron chi connectivity index (χ4n) is 1.41. The molecule has 0 unspecified atom stereocenters. The van der Waals surface area contributed by atoms with Crippen molar-refractivity contribution in [2.24, 2.45) is 5.73 Å². The minimum absolute atomic E-state index is 0.233. The van der Waals surface area contributed by atoms with Crippen molar-refractivity contribution in [3.05, 3.63) is 37.1 Å². The SMILES string of the molecule is NCc1sccc1S(=O)(=O)NCc1sccc1Br. The first-order chi connectivity index (χ1) is 8.54. The van der Waals surface area contributed by atoms with Crippen molar-refractivity contribution in [1.29, 1.82) is 0 Å². The molecule has 2 rings (SSSR count). The van der Waals surface area contributed by atoms with Gasteiger partial charge in [0, 0.05) is 27.3 Å². The molecule has 2 aromatic heterocycles. The quantitative estimate of drug-likeness (QED) is 0.853. The van der Waals surface area contributed by atoms with Crippen molar-refractivity contribution in [1.82, 2.24) is 4.72 Å². The van der Waals surface area contributed by atoms with Gasteiger partial charge in [0.25, 0.3) is 0 Å². The van der Waals surface area contributed by atoms with Crippen molar-refractivity contribution in [2.45, 2.75) is 18.0 Å². The van der Waals surface area contributed by atoms with Crippen LogP contribution >= 0.6 is 38.6 Å². The predicted molar refractivity (Wildman–Crippen MR) is 78.3 cm³/mol. The Morgan fingerprint density at radius 1 is 1.22 bits per heavy atom. The van der Waals surface area contributed by atoms with Crippen LogP contribution in [0.25, 0.3) is 0 Å². The highest BCUT2D eigenvalue weighted by Crippen LogP contribution is 2.24. The van der Waals surface area contributed by atoms with E-state index in [1.54, 1.807) is 11.4 Å². The van der Waals surface area contributed by atoms with Crippen LogP contribution in [0.1, 0.15) is 9.75 Å². The molecule has 0 amide bonds. The molecule has 0 saturated heterocycles. The Bertz CT molecular complexity index is 633. The van der Waals surface area contributed by atoms with E-state index < -0.39 is 10.0 Å². The fraction of sp³-hybridized carbons (Fsp3) is 0.200. The summed E-state index contributed by atoms with van der Waals surface area (Å²) < 4.78 is 27.7. The van der Waals surface area contributed by atoms with Crippen molar-refractivity contribution in [3.63, 3.8) is 0 Å². The van der Waals surface area contributed by atoms with Crippen molar-refractivity contribution in [2.75, 3.05) is 0 Å². The molecule has 98 valence electrons. The van der Waals surface area contributed by atoms with E-state index in [9.17, 15) is 8.42 Å². The van der Waals surface area contributed by atoms with Crippen LogP contribution in [0.5, 0.6) is 0 Å². The third-order valence-electron chi connectivity index (χ3n) is 2.29. The molecule has 3 N–H and O–H groups in total. The molecule has 4 nitrogen and oxygen atoms in total. The molecule has 0 aliphatic carbocycles. The lowest BCUT2D eigenvalue weighted by molar-refractivity contribution is 0.581. The molecule has 0 aliphatic heterocycles. The van der Waals surface area contributed by atoms with E-state index in [-0.39, 0.29) is 18.0 Å². The maximum Gasteiger partial charge on any atom is 0.242 e. The Hall–Kier alpha value is -0.250. The van der Waals surface area contributed by atoms with Crippen LogP contribution in [0.2, 0.25) is 0 Å². The van der Waals surface area contributed by atoms with Crippen LogP contribution in [0, 0.1) is 0 Å². The number of hydrogen-bond acceptors (Lipinski definition) is 5. The molecule has 0 fully saturated rings. The first-order valence-electron chi connectivity index (χ1n) is 5.02. The summed E-state index contributed by atoms with van der Waals surface area (Å²) in [6.07, 6.45) is 0. The standard InChI is InChI=1S/C10H11BrN2O2S3/c11-7-1-3-17-9(7)6-13-18(14,15)10-2-4-16-8(10)5-12/h1-4,13H,5-6,12H2. The maximum atomic E-state index is 12.1. The Morgan fingerprint density at radius 3 is 2.50 bits per heavy atom. The Kier molecular flexibility index (Phi) is 4.57. The zero-order valence-corrected chi connectivity index (χ0v) is 13.3. The molecule has 0 saturated carbocycles. The Labute approximate surface area is 122 Å². The van der Waals surface area contributed by atoms with Crippen LogP contribution in [-0.2, 0) is 23.1 Å². The molecule has 0 bridgehead atoms. The average molecular weight is 367 g/mol. The minimum atomic E-state index is -3.49. The fourth-order valence-corrected chi connectivity index (χ4v) is 5.26. The highest BCUT2D eigenvalue weighted by molar-refractivity contribution is 9.10. The summed E-state index contributed by atoms with van der Waals surface area (Å²) in [5.74, 6) is 0. The summed E-state index contributed by atoms with van der Waals surface area (Å²) >= 11 is 6.22. The lowest BCUT2D eigenvalue weighted by Gasteiger charge is -2.06. The Balaban J connectivity index is 2.16. The molecule has 18 heavy (non-hydrogen) atoms. The van der Waals surface area contributed by atoms with Gasteiger partial charge in [-0.05, 0) is 38.8 Å². The molecule has 8 heteroatoms. The normalized spacial score (nSPS) is 11.9. The first-order valence-corrected chi connectivity index (χ1v) is 9.06. The van der Waals surface area contributed by atoms with Gasteiger partial charge in [0.15, 0.2) is 0 Å². The second-order valence-corrected chi connectivity index (χ2v) is 8.02. The largest absolute Gasteiger partial charge is 0.326 e. The van der Waals surface area contributed by atoms with Gasteiger partial charge in [-0.2, -0.15) is 0 Å². The summed E-state index contributed by atoms with van der Waals surface area (Å²) in [6, 6.07) is 3.48. The molecule has 0 aliphatic rings.